The minimum absolute atomic E-state index is 0.120. The van der Waals surface area contributed by atoms with E-state index >= 15 is 0 Å². The first kappa shape index (κ1) is 22.9. The number of aromatic hydroxyl groups is 1. The summed E-state index contributed by atoms with van der Waals surface area (Å²) in [7, 11) is 0. The smallest absolute Gasteiger partial charge is 0.234 e. The van der Waals surface area contributed by atoms with Crippen molar-refractivity contribution in [2.45, 2.75) is 18.6 Å². The third-order valence-electron chi connectivity index (χ3n) is 4.68. The fraction of sp³-hybridized carbons (Fsp3) is 0.125. The number of amides is 1. The van der Waals surface area contributed by atoms with Gasteiger partial charge in [0.2, 0.25) is 5.91 Å². The zero-order chi connectivity index (χ0) is 23.2. The molecule has 0 atom stereocenters. The van der Waals surface area contributed by atoms with Crippen LogP contribution in [0.4, 0.5) is 5.69 Å². The Morgan fingerprint density at radius 3 is 2.52 bits per heavy atom. The Morgan fingerprint density at radius 2 is 1.79 bits per heavy atom. The molecule has 0 aliphatic carbocycles. The Hall–Kier alpha value is -3.30. The van der Waals surface area contributed by atoms with Crippen LogP contribution in [0.1, 0.15) is 6.92 Å². The second kappa shape index (κ2) is 10.5. The van der Waals surface area contributed by atoms with Crippen molar-refractivity contribution in [1.82, 2.24) is 14.8 Å². The van der Waals surface area contributed by atoms with Gasteiger partial charge in [0.05, 0.1) is 11.3 Å². The molecule has 0 saturated carbocycles. The van der Waals surface area contributed by atoms with Gasteiger partial charge >= 0.3 is 0 Å². The molecule has 0 aliphatic heterocycles. The number of hydrogen-bond donors (Lipinski definition) is 2. The van der Waals surface area contributed by atoms with E-state index in [9.17, 15) is 9.90 Å². The Bertz CT molecular complexity index is 1250. The molecular formula is C24H21BrN4O3S. The molecule has 0 radical (unpaired) electrons. The van der Waals surface area contributed by atoms with Crippen molar-refractivity contribution in [3.63, 3.8) is 0 Å². The number of aromatic nitrogens is 3. The van der Waals surface area contributed by atoms with Gasteiger partial charge in [-0.15, -0.1) is 10.2 Å². The molecule has 0 bridgehead atoms. The number of carbonyl (C=O) groups excluding carboxylic acids is 1. The maximum atomic E-state index is 12.5. The zero-order valence-corrected chi connectivity index (χ0v) is 20.1. The van der Waals surface area contributed by atoms with E-state index in [1.807, 2.05) is 41.8 Å². The fourth-order valence-corrected chi connectivity index (χ4v) is 4.29. The summed E-state index contributed by atoms with van der Waals surface area (Å²) in [5, 5.41) is 22.2. The molecule has 4 aromatic rings. The van der Waals surface area contributed by atoms with Crippen LogP contribution in [0, 0.1) is 0 Å². The summed E-state index contributed by atoms with van der Waals surface area (Å²) in [5.74, 6) is 2.12. The van der Waals surface area contributed by atoms with E-state index in [0.717, 1.165) is 10.2 Å². The number of rotatable bonds is 8. The van der Waals surface area contributed by atoms with Crippen LogP contribution in [0.5, 0.6) is 17.2 Å². The van der Waals surface area contributed by atoms with Gasteiger partial charge in [0.1, 0.15) is 17.2 Å². The van der Waals surface area contributed by atoms with Crippen LogP contribution < -0.4 is 10.1 Å². The molecule has 1 amide bonds. The second-order valence-corrected chi connectivity index (χ2v) is 8.85. The van der Waals surface area contributed by atoms with Gasteiger partial charge in [0.15, 0.2) is 11.0 Å². The van der Waals surface area contributed by atoms with E-state index in [1.165, 1.54) is 11.8 Å². The van der Waals surface area contributed by atoms with Gasteiger partial charge in [-0.25, -0.2) is 0 Å². The van der Waals surface area contributed by atoms with Crippen LogP contribution in [-0.4, -0.2) is 31.5 Å². The first-order valence-electron chi connectivity index (χ1n) is 10.2. The van der Waals surface area contributed by atoms with E-state index < -0.39 is 0 Å². The van der Waals surface area contributed by atoms with Crippen molar-refractivity contribution < 1.29 is 14.6 Å². The lowest BCUT2D eigenvalue weighted by molar-refractivity contribution is -0.113. The molecule has 0 unspecified atom stereocenters. The van der Waals surface area contributed by atoms with E-state index in [2.05, 4.69) is 31.4 Å². The number of halogens is 1. The van der Waals surface area contributed by atoms with Crippen LogP contribution >= 0.6 is 27.7 Å². The summed E-state index contributed by atoms with van der Waals surface area (Å²) in [6, 6.07) is 21.9. The van der Waals surface area contributed by atoms with Gasteiger partial charge in [-0.3, -0.25) is 4.79 Å². The number of phenolic OH excluding ortho intramolecular Hbond substituents is 1. The van der Waals surface area contributed by atoms with Gasteiger partial charge in [-0.2, -0.15) is 0 Å². The van der Waals surface area contributed by atoms with Crippen molar-refractivity contribution in [2.24, 2.45) is 0 Å². The van der Waals surface area contributed by atoms with Gasteiger partial charge in [-0.1, -0.05) is 45.9 Å². The van der Waals surface area contributed by atoms with Crippen LogP contribution in [-0.2, 0) is 11.3 Å². The Balaban J connectivity index is 1.37. The maximum absolute atomic E-state index is 12.5. The molecule has 9 heteroatoms. The number of phenols is 1. The van der Waals surface area contributed by atoms with E-state index in [4.69, 9.17) is 4.74 Å². The number of ether oxygens (including phenoxy) is 1. The molecule has 4 rings (SSSR count). The Morgan fingerprint density at radius 1 is 1.06 bits per heavy atom. The molecule has 2 N–H and O–H groups in total. The maximum Gasteiger partial charge on any atom is 0.234 e. The summed E-state index contributed by atoms with van der Waals surface area (Å²) in [5.41, 5.74) is 1.26. The number of carbonyl (C=O) groups is 1. The molecular weight excluding hydrogens is 504 g/mol. The van der Waals surface area contributed by atoms with Crippen molar-refractivity contribution in [3.05, 3.63) is 77.3 Å². The number of thioether (sulfide) groups is 1. The molecule has 7 nitrogen and oxygen atoms in total. The standard InChI is InChI=1S/C24H21BrN4O3S/c1-2-29-23(20-14-16(25)8-13-21(20)30)27-28-24(29)33-15-22(31)26-17-9-11-19(12-10-17)32-18-6-4-3-5-7-18/h3-14,30H,2,15H2,1H3,(H,26,31). The topological polar surface area (TPSA) is 89.3 Å². The highest BCUT2D eigenvalue weighted by Crippen LogP contribution is 2.32. The molecule has 0 aliphatic rings. The average molecular weight is 525 g/mol. The van der Waals surface area contributed by atoms with Crippen molar-refractivity contribution in [3.8, 4) is 28.6 Å². The first-order valence-corrected chi connectivity index (χ1v) is 12.0. The monoisotopic (exact) mass is 524 g/mol. The van der Waals surface area contributed by atoms with Crippen LogP contribution in [0.15, 0.2) is 82.4 Å². The van der Waals surface area contributed by atoms with E-state index in [-0.39, 0.29) is 17.4 Å². The van der Waals surface area contributed by atoms with Gasteiger partial charge < -0.3 is 19.7 Å². The number of anilines is 1. The highest BCUT2D eigenvalue weighted by molar-refractivity contribution is 9.10. The highest BCUT2D eigenvalue weighted by atomic mass is 79.9. The minimum atomic E-state index is -0.158. The van der Waals surface area contributed by atoms with E-state index in [0.29, 0.717) is 34.5 Å². The van der Waals surface area contributed by atoms with Crippen molar-refractivity contribution in [1.29, 1.82) is 0 Å². The molecule has 0 fully saturated rings. The Labute approximate surface area is 203 Å². The summed E-state index contributed by atoms with van der Waals surface area (Å²) >= 11 is 4.70. The average Bonchev–Trinajstić information content (AvgIpc) is 3.24. The lowest BCUT2D eigenvalue weighted by atomic mass is 10.2. The summed E-state index contributed by atoms with van der Waals surface area (Å²) in [6.45, 7) is 2.56. The van der Waals surface area contributed by atoms with Crippen LogP contribution in [0.2, 0.25) is 0 Å². The van der Waals surface area contributed by atoms with E-state index in [1.54, 1.807) is 42.5 Å². The highest BCUT2D eigenvalue weighted by Gasteiger charge is 2.17. The van der Waals surface area contributed by atoms with Gasteiger partial charge in [0, 0.05) is 16.7 Å². The predicted molar refractivity (Wildman–Crippen MR) is 133 cm³/mol. The predicted octanol–water partition coefficient (Wildman–Crippen LogP) is 5.96. The third-order valence-corrected chi connectivity index (χ3v) is 6.14. The summed E-state index contributed by atoms with van der Waals surface area (Å²) in [6.07, 6.45) is 0. The van der Waals surface area contributed by atoms with Crippen LogP contribution in [0.25, 0.3) is 11.4 Å². The molecule has 1 aromatic heterocycles. The van der Waals surface area contributed by atoms with Crippen LogP contribution in [0.3, 0.4) is 0 Å². The lowest BCUT2D eigenvalue weighted by Gasteiger charge is -2.10. The molecule has 3 aromatic carbocycles. The number of para-hydroxylation sites is 1. The molecule has 33 heavy (non-hydrogen) atoms. The number of nitrogens with one attached hydrogen (secondary N) is 1. The number of hydrogen-bond acceptors (Lipinski definition) is 6. The normalized spacial score (nSPS) is 10.7. The minimum Gasteiger partial charge on any atom is -0.507 e. The van der Waals surface area contributed by atoms with Gasteiger partial charge in [0.25, 0.3) is 0 Å². The first-order chi connectivity index (χ1) is 16.0. The van der Waals surface area contributed by atoms with Crippen molar-refractivity contribution >= 4 is 39.3 Å². The number of benzene rings is 3. The molecule has 0 saturated heterocycles. The van der Waals surface area contributed by atoms with Crippen molar-refractivity contribution in [2.75, 3.05) is 11.1 Å². The zero-order valence-electron chi connectivity index (χ0n) is 17.7. The van der Waals surface area contributed by atoms with Gasteiger partial charge in [-0.05, 0) is 61.5 Å². The SMILES string of the molecule is CCn1c(SCC(=O)Nc2ccc(Oc3ccccc3)cc2)nnc1-c1cc(Br)ccc1O. The second-order valence-electron chi connectivity index (χ2n) is 6.99. The Kier molecular flexibility index (Phi) is 7.31. The number of nitrogens with zero attached hydrogens (tertiary/aromatic N) is 3. The third kappa shape index (κ3) is 5.74. The summed E-state index contributed by atoms with van der Waals surface area (Å²) < 4.78 is 8.47. The molecule has 1 heterocycles. The largest absolute Gasteiger partial charge is 0.507 e. The molecule has 0 spiro atoms. The summed E-state index contributed by atoms with van der Waals surface area (Å²) in [4.78, 5) is 12.5. The fourth-order valence-electron chi connectivity index (χ4n) is 3.13. The quantitative estimate of drug-likeness (QED) is 0.276. The molecule has 168 valence electrons. The lowest BCUT2D eigenvalue weighted by Crippen LogP contribution is -2.14.